The highest BCUT2D eigenvalue weighted by molar-refractivity contribution is 6.52. The van der Waals surface area contributed by atoms with Crippen molar-refractivity contribution >= 4 is 17.3 Å². The van der Waals surface area contributed by atoms with E-state index in [9.17, 15) is 9.59 Å². The summed E-state index contributed by atoms with van der Waals surface area (Å²) < 4.78 is 5.73. The molecule has 5 heteroatoms. The second-order valence-electron chi connectivity index (χ2n) is 5.21. The van der Waals surface area contributed by atoms with Crippen LogP contribution in [0.5, 0.6) is 0 Å². The zero-order chi connectivity index (χ0) is 15.8. The molecule has 0 spiro atoms. The van der Waals surface area contributed by atoms with Gasteiger partial charge in [0.15, 0.2) is 11.5 Å². The van der Waals surface area contributed by atoms with Crippen molar-refractivity contribution in [3.63, 3.8) is 0 Å². The van der Waals surface area contributed by atoms with Crippen molar-refractivity contribution in [1.29, 1.82) is 0 Å². The first-order valence-electron chi connectivity index (χ1n) is 7.21. The lowest BCUT2D eigenvalue weighted by atomic mass is 9.91. The first-order chi connectivity index (χ1) is 11.2. The number of ketones is 2. The largest absolute Gasteiger partial charge is 0.438 e. The van der Waals surface area contributed by atoms with Gasteiger partial charge in [0.25, 0.3) is 5.78 Å². The minimum Gasteiger partial charge on any atom is -0.438 e. The zero-order valence-corrected chi connectivity index (χ0v) is 12.1. The molecular weight excluding hydrogens is 292 g/mol. The fourth-order valence-corrected chi connectivity index (χ4v) is 2.62. The Kier molecular flexibility index (Phi) is 3.05. The summed E-state index contributed by atoms with van der Waals surface area (Å²) in [7, 11) is 0. The minimum absolute atomic E-state index is 0.0959. The molecule has 1 aliphatic carbocycles. The Labute approximate surface area is 132 Å². The molecule has 0 aliphatic heterocycles. The van der Waals surface area contributed by atoms with Gasteiger partial charge in [-0.15, -0.1) is 0 Å². The lowest BCUT2D eigenvalue weighted by Gasteiger charge is -2.10. The van der Waals surface area contributed by atoms with E-state index in [0.717, 1.165) is 5.69 Å². The van der Waals surface area contributed by atoms with E-state index in [1.807, 2.05) is 30.3 Å². The van der Waals surface area contributed by atoms with Gasteiger partial charge in [0.05, 0.1) is 6.54 Å². The minimum atomic E-state index is -0.617. The van der Waals surface area contributed by atoms with Gasteiger partial charge in [-0.25, -0.2) is 4.98 Å². The highest BCUT2D eigenvalue weighted by Gasteiger charge is 2.34. The van der Waals surface area contributed by atoms with E-state index in [2.05, 4.69) is 10.3 Å². The quantitative estimate of drug-likeness (QED) is 0.751. The number of para-hydroxylation sites is 1. The molecule has 0 unspecified atom stereocenters. The van der Waals surface area contributed by atoms with Crippen molar-refractivity contribution in [2.24, 2.45) is 0 Å². The lowest BCUT2D eigenvalue weighted by molar-refractivity contribution is 0.0812. The monoisotopic (exact) mass is 304 g/mol. The average Bonchev–Trinajstić information content (AvgIpc) is 3.03. The molecule has 1 N–H and O–H groups in total. The third-order valence-electron chi connectivity index (χ3n) is 3.73. The number of nitrogens with zero attached hydrogens (tertiary/aromatic N) is 1. The van der Waals surface area contributed by atoms with E-state index in [0.29, 0.717) is 29.3 Å². The number of nitrogens with one attached hydrogen (secondary N) is 1. The summed E-state index contributed by atoms with van der Waals surface area (Å²) in [6.07, 6.45) is 0. The van der Waals surface area contributed by atoms with E-state index < -0.39 is 11.6 Å². The number of carbonyl (C=O) groups excluding carboxylic acids is 2. The highest BCUT2D eigenvalue weighted by Crippen LogP contribution is 2.33. The predicted molar refractivity (Wildman–Crippen MR) is 84.4 cm³/mol. The van der Waals surface area contributed by atoms with E-state index in [1.54, 1.807) is 24.3 Å². The van der Waals surface area contributed by atoms with E-state index in [-0.39, 0.29) is 5.69 Å². The van der Waals surface area contributed by atoms with Gasteiger partial charge in [-0.3, -0.25) is 9.59 Å². The molecule has 0 fully saturated rings. The van der Waals surface area contributed by atoms with Gasteiger partial charge >= 0.3 is 0 Å². The Morgan fingerprint density at radius 3 is 2.35 bits per heavy atom. The van der Waals surface area contributed by atoms with Gasteiger partial charge in [-0.05, 0) is 12.1 Å². The second kappa shape index (κ2) is 5.21. The van der Waals surface area contributed by atoms with Gasteiger partial charge in [0.2, 0.25) is 11.7 Å². The number of fused-ring (bicyclic) bond motifs is 3. The van der Waals surface area contributed by atoms with Crippen LogP contribution in [0.15, 0.2) is 59.0 Å². The molecule has 2 aromatic carbocycles. The average molecular weight is 304 g/mol. The molecule has 0 bridgehead atoms. The fourth-order valence-electron chi connectivity index (χ4n) is 2.62. The highest BCUT2D eigenvalue weighted by atomic mass is 16.4. The third kappa shape index (κ3) is 2.23. The fraction of sp³-hybridized carbons (Fsp3) is 0.0556. The molecule has 1 aliphatic rings. The van der Waals surface area contributed by atoms with Gasteiger partial charge in [0, 0.05) is 16.8 Å². The molecule has 112 valence electrons. The Hall–Kier alpha value is -3.21. The van der Waals surface area contributed by atoms with Crippen LogP contribution >= 0.6 is 0 Å². The predicted octanol–water partition coefficient (Wildman–Crippen LogP) is 3.33. The first-order valence-corrected chi connectivity index (χ1v) is 7.21. The van der Waals surface area contributed by atoms with E-state index >= 15 is 0 Å². The van der Waals surface area contributed by atoms with Crippen LogP contribution in [-0.4, -0.2) is 16.6 Å². The lowest BCUT2D eigenvalue weighted by Crippen LogP contribution is -2.20. The number of Topliss-reactive ketones (excluding diaryl/α,β-unsaturated/α-hetero) is 2. The number of hydrogen-bond acceptors (Lipinski definition) is 5. The maximum Gasteiger partial charge on any atom is 0.255 e. The molecule has 0 radical (unpaired) electrons. The van der Waals surface area contributed by atoms with Crippen molar-refractivity contribution in [3.8, 4) is 11.3 Å². The molecule has 0 atom stereocenters. The summed E-state index contributed by atoms with van der Waals surface area (Å²) >= 11 is 0. The standard InChI is InChI=1S/C18H12N2O3/c21-16-12-8-4-5-9-13(12)18-15(17(16)22)20-14(23-18)10-19-11-6-2-1-3-7-11/h1-9,19H,10H2. The molecular formula is C18H12N2O3. The number of oxazole rings is 1. The van der Waals surface area contributed by atoms with Crippen LogP contribution in [-0.2, 0) is 6.54 Å². The molecule has 0 saturated heterocycles. The molecule has 3 aromatic rings. The van der Waals surface area contributed by atoms with Crippen molar-refractivity contribution in [2.75, 3.05) is 5.32 Å². The zero-order valence-electron chi connectivity index (χ0n) is 12.1. The number of benzene rings is 2. The Morgan fingerprint density at radius 2 is 1.57 bits per heavy atom. The number of carbonyl (C=O) groups is 2. The second-order valence-corrected chi connectivity index (χ2v) is 5.21. The van der Waals surface area contributed by atoms with Crippen LogP contribution in [0.1, 0.15) is 26.7 Å². The number of rotatable bonds is 3. The molecule has 1 heterocycles. The third-order valence-corrected chi connectivity index (χ3v) is 3.73. The van der Waals surface area contributed by atoms with Gasteiger partial charge in [-0.1, -0.05) is 42.5 Å². The summed E-state index contributed by atoms with van der Waals surface area (Å²) in [5, 5.41) is 3.17. The number of hydrogen-bond donors (Lipinski definition) is 1. The van der Waals surface area contributed by atoms with E-state index in [1.165, 1.54) is 0 Å². The molecule has 0 amide bonds. The van der Waals surface area contributed by atoms with Crippen molar-refractivity contribution in [1.82, 2.24) is 4.98 Å². The van der Waals surface area contributed by atoms with Gasteiger partial charge < -0.3 is 9.73 Å². The normalized spacial score (nSPS) is 12.7. The molecule has 0 saturated carbocycles. The summed E-state index contributed by atoms with van der Waals surface area (Å²) in [6.45, 7) is 0.334. The topological polar surface area (TPSA) is 72.2 Å². The number of aromatic nitrogens is 1. The SMILES string of the molecule is O=C1C(=O)c2nc(CNc3ccccc3)oc2-c2ccccc21. The van der Waals surface area contributed by atoms with Crippen molar-refractivity contribution in [2.45, 2.75) is 6.54 Å². The summed E-state index contributed by atoms with van der Waals surface area (Å²) in [4.78, 5) is 28.5. The molecule has 23 heavy (non-hydrogen) atoms. The van der Waals surface area contributed by atoms with Crippen LogP contribution in [0.2, 0.25) is 0 Å². The van der Waals surface area contributed by atoms with Gasteiger partial charge in [0.1, 0.15) is 0 Å². The summed E-state index contributed by atoms with van der Waals surface area (Å²) in [5.74, 6) is -0.413. The Balaban J connectivity index is 1.69. The first kappa shape index (κ1) is 13.5. The molecule has 1 aromatic heterocycles. The van der Waals surface area contributed by atoms with Crippen LogP contribution < -0.4 is 5.32 Å². The molecule has 4 rings (SSSR count). The van der Waals surface area contributed by atoms with Crippen LogP contribution in [0.25, 0.3) is 11.3 Å². The Bertz CT molecular complexity index is 913. The van der Waals surface area contributed by atoms with Gasteiger partial charge in [-0.2, -0.15) is 0 Å². The summed E-state index contributed by atoms with van der Waals surface area (Å²) in [5.41, 5.74) is 2.00. The van der Waals surface area contributed by atoms with Crippen molar-refractivity contribution < 1.29 is 14.0 Å². The van der Waals surface area contributed by atoms with Crippen molar-refractivity contribution in [3.05, 3.63) is 71.7 Å². The van der Waals surface area contributed by atoms with Crippen LogP contribution in [0, 0.1) is 0 Å². The Morgan fingerprint density at radius 1 is 0.870 bits per heavy atom. The summed E-state index contributed by atoms with van der Waals surface area (Å²) in [6, 6.07) is 16.5. The maximum atomic E-state index is 12.2. The van der Waals surface area contributed by atoms with E-state index in [4.69, 9.17) is 4.42 Å². The van der Waals surface area contributed by atoms with Crippen LogP contribution in [0.3, 0.4) is 0 Å². The molecule has 5 nitrogen and oxygen atoms in total. The maximum absolute atomic E-state index is 12.2. The smallest absolute Gasteiger partial charge is 0.255 e. The number of anilines is 1. The van der Waals surface area contributed by atoms with Crippen LogP contribution in [0.4, 0.5) is 5.69 Å².